The predicted molar refractivity (Wildman–Crippen MR) is 171 cm³/mol. The minimum absolute atomic E-state index is 0.000342. The summed E-state index contributed by atoms with van der Waals surface area (Å²) in [6.45, 7) is 19.4. The molecule has 12 nitrogen and oxygen atoms in total. The van der Waals surface area contributed by atoms with Gasteiger partial charge in [0, 0.05) is 29.4 Å². The number of esters is 4. The first-order valence-electron chi connectivity index (χ1n) is 16.2. The molecule has 0 bridgehead atoms. The minimum Gasteiger partial charge on any atom is -0.456 e. The fourth-order valence-corrected chi connectivity index (χ4v) is 5.79. The summed E-state index contributed by atoms with van der Waals surface area (Å²) in [6.07, 6.45) is -4.02. The standard InChI is InChI=1S/C35H54O12/c1-12-18(4)29(38)44-25(33(8,9)42)17-24(36)21(7)23-16-26(34(10,43)28(27(23)37)46-30(39)19(5)13-2)45-32(41)35(11)20(6)15-22(14-3)31(40)47-35/h12-13,20,22-28,36-37,42-43H,7,14-17H2,1-6,8-11H3/b18-12-,19-13-/t20-,22-,23+,24+,25-,26-,27-,28-,34+,35-/m0/s1. The van der Waals surface area contributed by atoms with E-state index in [0.29, 0.717) is 18.4 Å². The van der Waals surface area contributed by atoms with E-state index >= 15 is 0 Å². The molecule has 2 fully saturated rings. The first-order chi connectivity index (χ1) is 21.6. The molecule has 2 aliphatic rings. The van der Waals surface area contributed by atoms with Crippen LogP contribution in [0.25, 0.3) is 0 Å². The lowest BCUT2D eigenvalue weighted by Crippen LogP contribution is -2.65. The molecule has 47 heavy (non-hydrogen) atoms. The Hall–Kier alpha value is -3.06. The molecule has 0 spiro atoms. The molecular formula is C35H54O12. The fourth-order valence-electron chi connectivity index (χ4n) is 5.79. The highest BCUT2D eigenvalue weighted by Gasteiger charge is 2.58. The first kappa shape index (κ1) is 40.1. The second-order valence-corrected chi connectivity index (χ2v) is 13.9. The predicted octanol–water partition coefficient (Wildman–Crippen LogP) is 3.23. The molecule has 0 unspecified atom stereocenters. The maximum Gasteiger partial charge on any atom is 0.350 e. The smallest absolute Gasteiger partial charge is 0.350 e. The summed E-state index contributed by atoms with van der Waals surface area (Å²) >= 11 is 0. The van der Waals surface area contributed by atoms with Crippen molar-refractivity contribution < 1.29 is 58.6 Å². The summed E-state index contributed by atoms with van der Waals surface area (Å²) in [7, 11) is 0. The Bertz CT molecular complexity index is 1260. The molecule has 0 aromatic heterocycles. The first-order valence-corrected chi connectivity index (χ1v) is 16.2. The number of ether oxygens (including phenoxy) is 4. The van der Waals surface area contributed by atoms with Crippen molar-refractivity contribution in [3.05, 3.63) is 35.5 Å². The number of cyclic esters (lactones) is 1. The monoisotopic (exact) mass is 666 g/mol. The van der Waals surface area contributed by atoms with Crippen LogP contribution in [0.2, 0.25) is 0 Å². The van der Waals surface area contributed by atoms with Gasteiger partial charge in [0.2, 0.25) is 5.60 Å². The molecule has 10 atom stereocenters. The molecule has 1 heterocycles. The van der Waals surface area contributed by atoms with Crippen molar-refractivity contribution in [3.63, 3.8) is 0 Å². The quantitative estimate of drug-likeness (QED) is 0.103. The Kier molecular flexibility index (Phi) is 13.2. The highest BCUT2D eigenvalue weighted by molar-refractivity contribution is 5.88. The third kappa shape index (κ3) is 8.90. The van der Waals surface area contributed by atoms with Crippen molar-refractivity contribution >= 4 is 23.9 Å². The van der Waals surface area contributed by atoms with Crippen LogP contribution >= 0.6 is 0 Å². The third-order valence-corrected chi connectivity index (χ3v) is 9.91. The van der Waals surface area contributed by atoms with Gasteiger partial charge >= 0.3 is 23.9 Å². The summed E-state index contributed by atoms with van der Waals surface area (Å²) in [4.78, 5) is 51.7. The molecule has 266 valence electrons. The number of hydrogen-bond donors (Lipinski definition) is 4. The minimum atomic E-state index is -2.14. The van der Waals surface area contributed by atoms with E-state index < -0.39 is 83.0 Å². The largest absolute Gasteiger partial charge is 0.456 e. The normalized spacial score (nSPS) is 33.3. The molecule has 0 radical (unpaired) electrons. The second-order valence-electron chi connectivity index (χ2n) is 13.9. The molecule has 0 aromatic rings. The van der Waals surface area contributed by atoms with Crippen LogP contribution in [-0.2, 0) is 38.1 Å². The highest BCUT2D eigenvalue weighted by atomic mass is 16.6. The van der Waals surface area contributed by atoms with Crippen LogP contribution in [0.4, 0.5) is 0 Å². The zero-order chi connectivity index (χ0) is 36.2. The van der Waals surface area contributed by atoms with E-state index in [1.54, 1.807) is 33.8 Å². The van der Waals surface area contributed by atoms with Gasteiger partial charge in [-0.2, -0.15) is 0 Å². The van der Waals surface area contributed by atoms with Gasteiger partial charge in [-0.15, -0.1) is 0 Å². The number of hydrogen-bond acceptors (Lipinski definition) is 12. The number of rotatable bonds is 12. The van der Waals surface area contributed by atoms with E-state index in [1.165, 1.54) is 40.7 Å². The van der Waals surface area contributed by atoms with Crippen molar-refractivity contribution in [2.24, 2.45) is 17.8 Å². The lowest BCUT2D eigenvalue weighted by atomic mass is 9.69. The van der Waals surface area contributed by atoms with Crippen molar-refractivity contribution in [1.82, 2.24) is 0 Å². The van der Waals surface area contributed by atoms with Gasteiger partial charge in [0.25, 0.3) is 0 Å². The average molecular weight is 667 g/mol. The Morgan fingerprint density at radius 2 is 1.64 bits per heavy atom. The van der Waals surface area contributed by atoms with E-state index in [-0.39, 0.29) is 29.9 Å². The van der Waals surface area contributed by atoms with E-state index in [4.69, 9.17) is 18.9 Å². The van der Waals surface area contributed by atoms with Gasteiger partial charge in [-0.25, -0.2) is 14.4 Å². The number of carbonyl (C=O) groups excluding carboxylic acids is 4. The van der Waals surface area contributed by atoms with E-state index in [1.807, 2.05) is 6.92 Å². The Balaban J connectivity index is 2.47. The summed E-state index contributed by atoms with van der Waals surface area (Å²) in [5, 5.41) is 45.3. The average Bonchev–Trinajstić information content (AvgIpc) is 2.99. The van der Waals surface area contributed by atoms with Gasteiger partial charge in [0.05, 0.1) is 17.6 Å². The Labute approximate surface area is 277 Å². The topological polar surface area (TPSA) is 186 Å². The summed E-state index contributed by atoms with van der Waals surface area (Å²) in [5.74, 6) is -4.92. The lowest BCUT2D eigenvalue weighted by Gasteiger charge is -2.49. The molecule has 1 saturated carbocycles. The number of aliphatic hydroxyl groups excluding tert-OH is 2. The Morgan fingerprint density at radius 3 is 2.15 bits per heavy atom. The van der Waals surface area contributed by atoms with Gasteiger partial charge in [0.15, 0.2) is 6.10 Å². The van der Waals surface area contributed by atoms with Crippen LogP contribution in [0.1, 0.15) is 94.9 Å². The maximum absolute atomic E-state index is 13.7. The van der Waals surface area contributed by atoms with Crippen LogP contribution < -0.4 is 0 Å². The van der Waals surface area contributed by atoms with Gasteiger partial charge < -0.3 is 39.4 Å². The Morgan fingerprint density at radius 1 is 1.09 bits per heavy atom. The molecule has 4 N–H and O–H groups in total. The highest BCUT2D eigenvalue weighted by Crippen LogP contribution is 2.43. The molecule has 2 rings (SSSR count). The summed E-state index contributed by atoms with van der Waals surface area (Å²) < 4.78 is 22.5. The van der Waals surface area contributed by atoms with Crippen LogP contribution in [0, 0.1) is 17.8 Å². The van der Waals surface area contributed by atoms with Gasteiger partial charge in [-0.3, -0.25) is 4.79 Å². The molecule has 1 aliphatic carbocycles. The lowest BCUT2D eigenvalue weighted by molar-refractivity contribution is -0.241. The van der Waals surface area contributed by atoms with E-state index in [9.17, 15) is 39.6 Å². The zero-order valence-corrected chi connectivity index (χ0v) is 29.4. The van der Waals surface area contributed by atoms with Crippen LogP contribution in [0.15, 0.2) is 35.5 Å². The molecule has 0 aromatic carbocycles. The van der Waals surface area contributed by atoms with Gasteiger partial charge in [-0.05, 0) is 80.2 Å². The summed E-state index contributed by atoms with van der Waals surface area (Å²) in [6, 6.07) is 0. The van der Waals surface area contributed by atoms with Crippen molar-refractivity contribution in [2.75, 3.05) is 0 Å². The van der Waals surface area contributed by atoms with Crippen molar-refractivity contribution in [3.8, 4) is 0 Å². The van der Waals surface area contributed by atoms with E-state index in [2.05, 4.69) is 6.58 Å². The number of carbonyl (C=O) groups is 4. The molecular weight excluding hydrogens is 612 g/mol. The molecule has 0 amide bonds. The zero-order valence-electron chi connectivity index (χ0n) is 29.4. The number of allylic oxidation sites excluding steroid dienone is 2. The molecule has 1 saturated heterocycles. The third-order valence-electron chi connectivity index (χ3n) is 9.91. The fraction of sp³-hybridized carbons (Fsp3) is 0.714. The SMILES string of the molecule is C=C([C@H](O)C[C@H](OC(=O)/C(C)=C\C)C(C)(C)O)[C@H]1C[C@H](OC(=O)[C@@]2(C)OC(=O)[C@@H](CC)C[C@@H]2C)[C@@](C)(O)[C@@H](OC(=O)/C(C)=C\C)[C@H]1O. The molecule has 1 aliphatic heterocycles. The van der Waals surface area contributed by atoms with Crippen molar-refractivity contribution in [1.29, 1.82) is 0 Å². The van der Waals surface area contributed by atoms with Crippen LogP contribution in [0.3, 0.4) is 0 Å². The summed E-state index contributed by atoms with van der Waals surface area (Å²) in [5.41, 5.74) is -4.92. The van der Waals surface area contributed by atoms with Crippen molar-refractivity contribution in [2.45, 2.75) is 142 Å². The number of aliphatic hydroxyl groups is 4. The molecule has 12 heteroatoms. The van der Waals surface area contributed by atoms with Gasteiger partial charge in [-0.1, -0.05) is 32.6 Å². The van der Waals surface area contributed by atoms with Gasteiger partial charge in [0.1, 0.15) is 23.9 Å². The van der Waals surface area contributed by atoms with Crippen LogP contribution in [0.5, 0.6) is 0 Å². The second kappa shape index (κ2) is 15.4. The maximum atomic E-state index is 13.7. The van der Waals surface area contributed by atoms with E-state index in [0.717, 1.165) is 0 Å². The van der Waals surface area contributed by atoms with Crippen LogP contribution in [-0.4, -0.2) is 91.6 Å².